The Morgan fingerprint density at radius 1 is 1.00 bits per heavy atom. The van der Waals surface area contributed by atoms with Crippen molar-refractivity contribution >= 4 is 0 Å². The van der Waals surface area contributed by atoms with Crippen molar-refractivity contribution in [3.63, 3.8) is 0 Å². The molecule has 0 aromatic heterocycles. The lowest BCUT2D eigenvalue weighted by atomic mass is 10.1. The first-order chi connectivity index (χ1) is 5.63. The number of rotatable bonds is 4. The number of nitrogens with zero attached hydrogens (tertiary/aromatic N) is 1. The van der Waals surface area contributed by atoms with E-state index in [-0.39, 0.29) is 0 Å². The van der Waals surface area contributed by atoms with Gasteiger partial charge in [-0.3, -0.25) is 0 Å². The lowest BCUT2D eigenvalue weighted by Gasteiger charge is -2.21. The van der Waals surface area contributed by atoms with Gasteiger partial charge in [0, 0.05) is 6.04 Å². The van der Waals surface area contributed by atoms with Gasteiger partial charge >= 0.3 is 0 Å². The molecule has 0 saturated carbocycles. The molecule has 76 valence electrons. The van der Waals surface area contributed by atoms with Crippen LogP contribution in [-0.4, -0.2) is 25.0 Å². The van der Waals surface area contributed by atoms with Gasteiger partial charge in [0.15, 0.2) is 0 Å². The molecule has 0 spiro atoms. The van der Waals surface area contributed by atoms with Crippen molar-refractivity contribution in [2.45, 2.75) is 59.4 Å². The number of hydrogen-bond donors (Lipinski definition) is 0. The van der Waals surface area contributed by atoms with Crippen LogP contribution in [0.4, 0.5) is 0 Å². The van der Waals surface area contributed by atoms with Gasteiger partial charge in [-0.25, -0.2) is 0 Å². The van der Waals surface area contributed by atoms with E-state index in [1.165, 1.54) is 25.7 Å². The highest BCUT2D eigenvalue weighted by Gasteiger charge is 2.05. The summed E-state index contributed by atoms with van der Waals surface area (Å²) in [7, 11) is 4.31. The smallest absolute Gasteiger partial charge is 0.00864 e. The van der Waals surface area contributed by atoms with Crippen LogP contribution in [0.3, 0.4) is 0 Å². The molecule has 12 heavy (non-hydrogen) atoms. The molecular weight excluding hydrogens is 146 g/mol. The fourth-order valence-corrected chi connectivity index (χ4v) is 1.16. The molecule has 0 aliphatic rings. The topological polar surface area (TPSA) is 3.24 Å². The zero-order valence-corrected chi connectivity index (χ0v) is 9.85. The Labute approximate surface area is 79.2 Å². The van der Waals surface area contributed by atoms with Crippen LogP contribution in [0, 0.1) is 0 Å². The van der Waals surface area contributed by atoms with Gasteiger partial charge in [-0.2, -0.15) is 0 Å². The van der Waals surface area contributed by atoms with E-state index in [1.807, 2.05) is 0 Å². The molecule has 0 aliphatic carbocycles. The summed E-state index contributed by atoms with van der Waals surface area (Å²) < 4.78 is 0. The molecule has 0 saturated heterocycles. The van der Waals surface area contributed by atoms with Crippen molar-refractivity contribution in [3.05, 3.63) is 0 Å². The van der Waals surface area contributed by atoms with Gasteiger partial charge in [-0.05, 0) is 26.9 Å². The molecule has 0 N–H and O–H groups in total. The van der Waals surface area contributed by atoms with E-state index in [0.29, 0.717) is 0 Å². The molecule has 0 amide bonds. The lowest BCUT2D eigenvalue weighted by Crippen LogP contribution is -2.26. The molecule has 1 heteroatoms. The van der Waals surface area contributed by atoms with Gasteiger partial charge in [-0.1, -0.05) is 40.5 Å². The highest BCUT2D eigenvalue weighted by atomic mass is 15.1. The van der Waals surface area contributed by atoms with Crippen LogP contribution in [-0.2, 0) is 0 Å². The Morgan fingerprint density at radius 3 is 1.50 bits per heavy atom. The lowest BCUT2D eigenvalue weighted by molar-refractivity contribution is 0.269. The summed E-state index contributed by atoms with van der Waals surface area (Å²) in [5.41, 5.74) is 0. The molecule has 0 rings (SSSR count). The monoisotopic (exact) mass is 173 g/mol. The quantitative estimate of drug-likeness (QED) is 0.628. The van der Waals surface area contributed by atoms with Crippen LogP contribution in [0.2, 0.25) is 0 Å². The molecule has 0 heterocycles. The van der Waals surface area contributed by atoms with E-state index in [4.69, 9.17) is 0 Å². The average molecular weight is 173 g/mol. The van der Waals surface area contributed by atoms with E-state index >= 15 is 0 Å². The summed E-state index contributed by atoms with van der Waals surface area (Å²) in [6, 6.07) is 0.801. The van der Waals surface area contributed by atoms with Gasteiger partial charge < -0.3 is 4.90 Å². The summed E-state index contributed by atoms with van der Waals surface area (Å²) in [6.45, 7) is 8.74. The second kappa shape index (κ2) is 11.0. The molecule has 0 aromatic carbocycles. The largest absolute Gasteiger partial charge is 0.306 e. The fraction of sp³-hybridized carbons (Fsp3) is 1.00. The molecule has 0 bridgehead atoms. The van der Waals surface area contributed by atoms with E-state index in [1.54, 1.807) is 0 Å². The molecule has 1 atom stereocenters. The van der Waals surface area contributed by atoms with Crippen molar-refractivity contribution < 1.29 is 0 Å². The third-order valence-corrected chi connectivity index (χ3v) is 1.82. The SMILES string of the molecule is CCC.CCCC(CC)N(C)C. The first kappa shape index (κ1) is 14.5. The summed E-state index contributed by atoms with van der Waals surface area (Å²) >= 11 is 0. The van der Waals surface area contributed by atoms with Gasteiger partial charge in [0.1, 0.15) is 0 Å². The first-order valence-electron chi connectivity index (χ1n) is 5.30. The molecule has 1 unspecified atom stereocenters. The summed E-state index contributed by atoms with van der Waals surface area (Å²) in [5.74, 6) is 0. The normalized spacial score (nSPS) is 12.2. The molecular formula is C11H27N. The standard InChI is InChI=1S/C8H19N.C3H8/c1-5-7-8(6-2)9(3)4;1-3-2/h8H,5-7H2,1-4H3;3H2,1-2H3. The van der Waals surface area contributed by atoms with Crippen LogP contribution in [0.1, 0.15) is 53.4 Å². The zero-order valence-electron chi connectivity index (χ0n) is 9.85. The summed E-state index contributed by atoms with van der Waals surface area (Å²) in [5, 5.41) is 0. The van der Waals surface area contributed by atoms with E-state index < -0.39 is 0 Å². The van der Waals surface area contributed by atoms with E-state index in [0.717, 1.165) is 6.04 Å². The Bertz CT molecular complexity index is 69.4. The highest BCUT2D eigenvalue weighted by Crippen LogP contribution is 2.05. The minimum absolute atomic E-state index is 0.801. The Morgan fingerprint density at radius 2 is 1.42 bits per heavy atom. The minimum Gasteiger partial charge on any atom is -0.306 e. The van der Waals surface area contributed by atoms with Crippen molar-refractivity contribution in [2.75, 3.05) is 14.1 Å². The summed E-state index contributed by atoms with van der Waals surface area (Å²) in [4.78, 5) is 2.31. The van der Waals surface area contributed by atoms with Crippen molar-refractivity contribution in [1.82, 2.24) is 4.90 Å². The van der Waals surface area contributed by atoms with Gasteiger partial charge in [0.05, 0.1) is 0 Å². The maximum absolute atomic E-state index is 2.31. The Kier molecular flexibility index (Phi) is 13.2. The van der Waals surface area contributed by atoms with Crippen LogP contribution in [0.5, 0.6) is 0 Å². The van der Waals surface area contributed by atoms with Crippen molar-refractivity contribution in [2.24, 2.45) is 0 Å². The Hall–Kier alpha value is -0.0400. The van der Waals surface area contributed by atoms with E-state index in [2.05, 4.69) is 46.7 Å². The number of hydrogen-bond acceptors (Lipinski definition) is 1. The van der Waals surface area contributed by atoms with Crippen molar-refractivity contribution in [1.29, 1.82) is 0 Å². The van der Waals surface area contributed by atoms with Gasteiger partial charge in [-0.15, -0.1) is 0 Å². The molecule has 0 fully saturated rings. The summed E-state index contributed by atoms with van der Waals surface area (Å²) in [6.07, 6.45) is 5.17. The second-order valence-corrected chi connectivity index (χ2v) is 3.52. The van der Waals surface area contributed by atoms with Crippen molar-refractivity contribution in [3.8, 4) is 0 Å². The molecule has 0 aromatic rings. The van der Waals surface area contributed by atoms with Crippen LogP contribution in [0.25, 0.3) is 0 Å². The third-order valence-electron chi connectivity index (χ3n) is 1.82. The first-order valence-corrected chi connectivity index (χ1v) is 5.30. The molecule has 0 radical (unpaired) electrons. The minimum atomic E-state index is 0.801. The third kappa shape index (κ3) is 9.96. The highest BCUT2D eigenvalue weighted by molar-refractivity contribution is 4.61. The molecule has 1 nitrogen and oxygen atoms in total. The Balaban J connectivity index is 0. The van der Waals surface area contributed by atoms with E-state index in [9.17, 15) is 0 Å². The van der Waals surface area contributed by atoms with Crippen LogP contribution in [0.15, 0.2) is 0 Å². The van der Waals surface area contributed by atoms with Gasteiger partial charge in [0.2, 0.25) is 0 Å². The second-order valence-electron chi connectivity index (χ2n) is 3.52. The predicted molar refractivity (Wildman–Crippen MR) is 58.6 cm³/mol. The van der Waals surface area contributed by atoms with Gasteiger partial charge in [0.25, 0.3) is 0 Å². The average Bonchev–Trinajstić information content (AvgIpc) is 2.01. The zero-order chi connectivity index (χ0) is 9.98. The maximum atomic E-state index is 2.31. The molecule has 0 aliphatic heterocycles. The van der Waals surface area contributed by atoms with Crippen LogP contribution < -0.4 is 0 Å². The van der Waals surface area contributed by atoms with Crippen LogP contribution >= 0.6 is 0 Å². The maximum Gasteiger partial charge on any atom is 0.00864 e. The fourth-order valence-electron chi connectivity index (χ4n) is 1.16. The predicted octanol–water partition coefficient (Wildman–Crippen LogP) is 3.54.